The maximum absolute atomic E-state index is 11.5. The first kappa shape index (κ1) is 11.4. The van der Waals surface area contributed by atoms with E-state index in [-0.39, 0.29) is 17.5 Å². The average Bonchev–Trinajstić information content (AvgIpc) is 2.64. The molecule has 1 aromatic heterocycles. The fourth-order valence-corrected chi connectivity index (χ4v) is 1.79. The number of nitrogens with zero attached hydrogens (tertiary/aromatic N) is 3. The van der Waals surface area contributed by atoms with Gasteiger partial charge in [0, 0.05) is 13.6 Å². The van der Waals surface area contributed by atoms with Gasteiger partial charge in [0.25, 0.3) is 0 Å². The van der Waals surface area contributed by atoms with Gasteiger partial charge in [-0.2, -0.15) is 0 Å². The predicted molar refractivity (Wildman–Crippen MR) is 59.5 cm³/mol. The van der Waals surface area contributed by atoms with Crippen LogP contribution in [0, 0.1) is 10.1 Å². The molecular formula is C9H13N5O3. The molecule has 1 unspecified atom stereocenters. The molecule has 0 radical (unpaired) electrons. The zero-order chi connectivity index (χ0) is 12.4. The van der Waals surface area contributed by atoms with Crippen LogP contribution in [0.2, 0.25) is 0 Å². The highest BCUT2D eigenvalue weighted by molar-refractivity contribution is 5.85. The van der Waals surface area contributed by atoms with Gasteiger partial charge in [-0.05, 0) is 22.7 Å². The summed E-state index contributed by atoms with van der Waals surface area (Å²) >= 11 is 0. The minimum Gasteiger partial charge on any atom is -0.358 e. The molecule has 1 atom stereocenters. The molecule has 0 bridgehead atoms. The van der Waals surface area contributed by atoms with Crippen LogP contribution in [0.1, 0.15) is 12.8 Å². The van der Waals surface area contributed by atoms with E-state index in [0.717, 1.165) is 6.42 Å². The molecule has 0 aliphatic carbocycles. The lowest BCUT2D eigenvalue weighted by Crippen LogP contribution is -2.44. The molecule has 8 heteroatoms. The number of anilines is 1. The lowest BCUT2D eigenvalue weighted by Gasteiger charge is -2.23. The second-order valence-electron chi connectivity index (χ2n) is 3.91. The van der Waals surface area contributed by atoms with Gasteiger partial charge in [-0.3, -0.25) is 9.36 Å². The summed E-state index contributed by atoms with van der Waals surface area (Å²) in [7, 11) is 1.64. The van der Waals surface area contributed by atoms with Gasteiger partial charge in [0.15, 0.2) is 0 Å². The van der Waals surface area contributed by atoms with Crippen molar-refractivity contribution in [2.24, 2.45) is 7.05 Å². The quantitative estimate of drug-likeness (QED) is 0.571. The van der Waals surface area contributed by atoms with Crippen molar-refractivity contribution in [3.05, 3.63) is 16.4 Å². The summed E-state index contributed by atoms with van der Waals surface area (Å²) in [5.41, 5.74) is 0. The van der Waals surface area contributed by atoms with Crippen molar-refractivity contribution in [1.29, 1.82) is 0 Å². The molecule has 2 rings (SSSR count). The Morgan fingerprint density at radius 1 is 1.71 bits per heavy atom. The van der Waals surface area contributed by atoms with E-state index in [4.69, 9.17) is 0 Å². The maximum Gasteiger partial charge on any atom is 0.406 e. The fraction of sp³-hybridized carbons (Fsp3) is 0.556. The molecular weight excluding hydrogens is 226 g/mol. The minimum atomic E-state index is -0.566. The SMILES string of the molecule is Cn1cnc([N+](=O)[O-])c1NC1CCCNC1=O. The number of hydrogen-bond donors (Lipinski definition) is 2. The smallest absolute Gasteiger partial charge is 0.358 e. The molecule has 8 nitrogen and oxygen atoms in total. The minimum absolute atomic E-state index is 0.133. The molecule has 1 saturated heterocycles. The fourth-order valence-electron chi connectivity index (χ4n) is 1.79. The summed E-state index contributed by atoms with van der Waals surface area (Å²) in [5.74, 6) is -0.130. The first-order valence-corrected chi connectivity index (χ1v) is 5.29. The number of nitro groups is 1. The lowest BCUT2D eigenvalue weighted by molar-refractivity contribution is -0.388. The Balaban J connectivity index is 2.20. The second kappa shape index (κ2) is 4.40. The molecule has 0 spiro atoms. The van der Waals surface area contributed by atoms with Crippen LogP contribution < -0.4 is 10.6 Å². The third kappa shape index (κ3) is 2.19. The summed E-state index contributed by atoms with van der Waals surface area (Å²) in [5, 5.41) is 16.3. The van der Waals surface area contributed by atoms with Gasteiger partial charge in [0.05, 0.1) is 0 Å². The summed E-state index contributed by atoms with van der Waals surface area (Å²) < 4.78 is 1.50. The molecule has 0 saturated carbocycles. The zero-order valence-electron chi connectivity index (χ0n) is 9.34. The van der Waals surface area contributed by atoms with Gasteiger partial charge in [0.2, 0.25) is 18.1 Å². The van der Waals surface area contributed by atoms with Crippen LogP contribution in [0.25, 0.3) is 0 Å². The second-order valence-corrected chi connectivity index (χ2v) is 3.91. The van der Waals surface area contributed by atoms with Crippen LogP contribution >= 0.6 is 0 Å². The molecule has 92 valence electrons. The average molecular weight is 239 g/mol. The Morgan fingerprint density at radius 3 is 3.12 bits per heavy atom. The number of carbonyl (C=O) groups is 1. The number of hydrogen-bond acceptors (Lipinski definition) is 5. The highest BCUT2D eigenvalue weighted by atomic mass is 16.6. The van der Waals surface area contributed by atoms with E-state index in [1.54, 1.807) is 7.05 Å². The third-order valence-corrected chi connectivity index (χ3v) is 2.69. The number of amides is 1. The topological polar surface area (TPSA) is 102 Å². The molecule has 2 N–H and O–H groups in total. The van der Waals surface area contributed by atoms with Gasteiger partial charge < -0.3 is 20.7 Å². The van der Waals surface area contributed by atoms with E-state index in [2.05, 4.69) is 15.6 Å². The standard InChI is InChI=1S/C9H13N5O3/c1-13-5-11-7(14(16)17)8(13)12-6-3-2-4-10-9(6)15/h5-6,12H,2-4H2,1H3,(H,10,15). The number of nitrogens with one attached hydrogen (secondary N) is 2. The molecule has 1 aliphatic rings. The molecule has 1 amide bonds. The number of piperidine rings is 1. The van der Waals surface area contributed by atoms with Crippen LogP contribution in [0.3, 0.4) is 0 Å². The number of rotatable bonds is 3. The Kier molecular flexibility index (Phi) is 2.94. The van der Waals surface area contributed by atoms with Crippen molar-refractivity contribution < 1.29 is 9.72 Å². The van der Waals surface area contributed by atoms with Crippen molar-refractivity contribution in [3.8, 4) is 0 Å². The largest absolute Gasteiger partial charge is 0.406 e. The van der Waals surface area contributed by atoms with E-state index < -0.39 is 11.0 Å². The normalized spacial score (nSPS) is 19.8. The number of carbonyl (C=O) groups excluding carboxylic acids is 1. The van der Waals surface area contributed by atoms with Gasteiger partial charge in [-0.1, -0.05) is 0 Å². The Bertz CT molecular complexity index is 455. The monoisotopic (exact) mass is 239 g/mol. The summed E-state index contributed by atoms with van der Waals surface area (Å²) in [6.07, 6.45) is 2.87. The Morgan fingerprint density at radius 2 is 2.47 bits per heavy atom. The predicted octanol–water partition coefficient (Wildman–Crippen LogP) is 0.0188. The Hall–Kier alpha value is -2.12. The van der Waals surface area contributed by atoms with Crippen molar-refractivity contribution in [2.45, 2.75) is 18.9 Å². The van der Waals surface area contributed by atoms with Gasteiger partial charge in [-0.15, -0.1) is 0 Å². The van der Waals surface area contributed by atoms with Crippen molar-refractivity contribution >= 4 is 17.5 Å². The summed E-state index contributed by atoms with van der Waals surface area (Å²) in [6.45, 7) is 0.657. The van der Waals surface area contributed by atoms with Crippen LogP contribution in [0.4, 0.5) is 11.6 Å². The van der Waals surface area contributed by atoms with Gasteiger partial charge in [-0.25, -0.2) is 0 Å². The first-order chi connectivity index (χ1) is 8.09. The highest BCUT2D eigenvalue weighted by Gasteiger charge is 2.27. The van der Waals surface area contributed by atoms with Gasteiger partial charge in [0.1, 0.15) is 6.04 Å². The third-order valence-electron chi connectivity index (χ3n) is 2.69. The maximum atomic E-state index is 11.5. The molecule has 17 heavy (non-hydrogen) atoms. The lowest BCUT2D eigenvalue weighted by atomic mass is 10.1. The van der Waals surface area contributed by atoms with Crippen LogP contribution in [0.15, 0.2) is 6.33 Å². The van der Waals surface area contributed by atoms with E-state index in [1.165, 1.54) is 10.9 Å². The summed E-state index contributed by atoms with van der Waals surface area (Å²) in [6, 6.07) is -0.433. The van der Waals surface area contributed by atoms with E-state index in [1.807, 2.05) is 0 Å². The van der Waals surface area contributed by atoms with E-state index in [0.29, 0.717) is 13.0 Å². The van der Waals surface area contributed by atoms with Crippen molar-refractivity contribution in [3.63, 3.8) is 0 Å². The number of aryl methyl sites for hydroxylation is 1. The number of imidazole rings is 1. The molecule has 2 heterocycles. The van der Waals surface area contributed by atoms with E-state index in [9.17, 15) is 14.9 Å². The van der Waals surface area contributed by atoms with Crippen LogP contribution in [-0.4, -0.2) is 33.0 Å². The van der Waals surface area contributed by atoms with E-state index >= 15 is 0 Å². The Labute approximate surface area is 97.2 Å². The van der Waals surface area contributed by atoms with Crippen LogP contribution in [0.5, 0.6) is 0 Å². The summed E-state index contributed by atoms with van der Waals surface area (Å²) in [4.78, 5) is 25.4. The zero-order valence-corrected chi connectivity index (χ0v) is 9.34. The molecule has 1 aliphatic heterocycles. The number of aromatic nitrogens is 2. The first-order valence-electron chi connectivity index (χ1n) is 5.29. The molecule has 0 aromatic carbocycles. The highest BCUT2D eigenvalue weighted by Crippen LogP contribution is 2.23. The van der Waals surface area contributed by atoms with Gasteiger partial charge >= 0.3 is 5.82 Å². The van der Waals surface area contributed by atoms with Crippen LogP contribution in [-0.2, 0) is 11.8 Å². The molecule has 1 aromatic rings. The molecule has 1 fully saturated rings. The van der Waals surface area contributed by atoms with Crippen molar-refractivity contribution in [2.75, 3.05) is 11.9 Å². The van der Waals surface area contributed by atoms with Crippen molar-refractivity contribution in [1.82, 2.24) is 14.9 Å².